The van der Waals surface area contributed by atoms with Crippen LogP contribution in [0.3, 0.4) is 0 Å². The molecule has 2 aromatic rings. The molecular weight excluding hydrogens is 361 g/mol. The topological polar surface area (TPSA) is 62.7 Å². The number of nitrogens with zero attached hydrogens (tertiary/aromatic N) is 3. The van der Waals surface area contributed by atoms with E-state index in [4.69, 9.17) is 4.74 Å². The zero-order chi connectivity index (χ0) is 19.5. The maximum Gasteiger partial charge on any atom is 0.228 e. The van der Waals surface area contributed by atoms with Gasteiger partial charge in [0, 0.05) is 56.8 Å². The zero-order valence-electron chi connectivity index (χ0n) is 15.5. The van der Waals surface area contributed by atoms with Crippen LogP contribution in [0.5, 0.6) is 5.88 Å². The Kier molecular flexibility index (Phi) is 5.23. The molecule has 146 valence electrons. The molecule has 28 heavy (non-hydrogen) atoms. The van der Waals surface area contributed by atoms with E-state index < -0.39 is 0 Å². The summed E-state index contributed by atoms with van der Waals surface area (Å²) >= 11 is 0. The lowest BCUT2D eigenvalue weighted by Crippen LogP contribution is -2.45. The first-order chi connectivity index (χ1) is 13.6. The van der Waals surface area contributed by atoms with Crippen molar-refractivity contribution >= 4 is 17.5 Å². The van der Waals surface area contributed by atoms with Gasteiger partial charge in [-0.1, -0.05) is 6.07 Å². The van der Waals surface area contributed by atoms with Crippen molar-refractivity contribution in [3.8, 4) is 5.88 Å². The molecule has 2 saturated heterocycles. The van der Waals surface area contributed by atoms with Gasteiger partial charge in [0.25, 0.3) is 0 Å². The molecule has 2 aliphatic heterocycles. The molecule has 3 heterocycles. The van der Waals surface area contributed by atoms with Gasteiger partial charge >= 0.3 is 0 Å². The summed E-state index contributed by atoms with van der Waals surface area (Å²) in [4.78, 5) is 32.8. The van der Waals surface area contributed by atoms with Gasteiger partial charge in [-0.3, -0.25) is 9.59 Å². The van der Waals surface area contributed by atoms with E-state index >= 15 is 0 Å². The van der Waals surface area contributed by atoms with Crippen LogP contribution in [0.1, 0.15) is 19.3 Å². The third-order valence-corrected chi connectivity index (χ3v) is 5.29. The van der Waals surface area contributed by atoms with Crippen molar-refractivity contribution in [2.75, 3.05) is 24.5 Å². The predicted octanol–water partition coefficient (Wildman–Crippen LogP) is 2.64. The number of carbonyl (C=O) groups excluding carboxylic acids is 2. The Morgan fingerprint density at radius 3 is 2.54 bits per heavy atom. The Morgan fingerprint density at radius 2 is 1.86 bits per heavy atom. The molecule has 0 aliphatic carbocycles. The average molecular weight is 383 g/mol. The van der Waals surface area contributed by atoms with E-state index in [-0.39, 0.29) is 36.1 Å². The summed E-state index contributed by atoms with van der Waals surface area (Å²) in [5.74, 6) is -0.194. The molecule has 0 N–H and O–H groups in total. The molecule has 4 rings (SSSR count). The van der Waals surface area contributed by atoms with Crippen LogP contribution in [0.25, 0.3) is 0 Å². The number of hydrogen-bond acceptors (Lipinski definition) is 4. The van der Waals surface area contributed by atoms with Crippen LogP contribution in [0, 0.1) is 11.7 Å². The summed E-state index contributed by atoms with van der Waals surface area (Å²) in [6, 6.07) is 11.3. The molecule has 6 nitrogen and oxygen atoms in total. The van der Waals surface area contributed by atoms with Crippen LogP contribution in [-0.4, -0.2) is 47.4 Å². The van der Waals surface area contributed by atoms with E-state index in [0.29, 0.717) is 31.2 Å². The van der Waals surface area contributed by atoms with Gasteiger partial charge < -0.3 is 14.5 Å². The lowest BCUT2D eigenvalue weighted by atomic mass is 10.0. The number of rotatable bonds is 4. The number of halogens is 1. The SMILES string of the molecule is O=C(C1CC(=O)N(c2ccc(F)cc2)C1)N1CCC(Oc2ccccn2)CC1. The Hall–Kier alpha value is -2.96. The summed E-state index contributed by atoms with van der Waals surface area (Å²) in [7, 11) is 0. The van der Waals surface area contributed by atoms with Crippen LogP contribution in [0.15, 0.2) is 48.7 Å². The Labute approximate surface area is 162 Å². The fourth-order valence-electron chi connectivity index (χ4n) is 3.78. The van der Waals surface area contributed by atoms with Gasteiger partial charge in [0.05, 0.1) is 5.92 Å². The quantitative estimate of drug-likeness (QED) is 0.814. The summed E-state index contributed by atoms with van der Waals surface area (Å²) in [5, 5.41) is 0. The molecule has 0 bridgehead atoms. The second-order valence-corrected chi connectivity index (χ2v) is 7.19. The van der Waals surface area contributed by atoms with Crippen LogP contribution in [-0.2, 0) is 9.59 Å². The number of anilines is 1. The van der Waals surface area contributed by atoms with E-state index in [1.54, 1.807) is 23.2 Å². The molecular formula is C21H22FN3O3. The summed E-state index contributed by atoms with van der Waals surface area (Å²) < 4.78 is 19.0. The maximum atomic E-state index is 13.1. The molecule has 2 amide bonds. The van der Waals surface area contributed by atoms with Gasteiger partial charge in [0.15, 0.2) is 0 Å². The van der Waals surface area contributed by atoms with Crippen molar-refractivity contribution in [2.24, 2.45) is 5.92 Å². The summed E-state index contributed by atoms with van der Waals surface area (Å²) in [6.45, 7) is 1.56. The van der Waals surface area contributed by atoms with Gasteiger partial charge in [-0.05, 0) is 30.3 Å². The number of aromatic nitrogens is 1. The monoisotopic (exact) mass is 383 g/mol. The molecule has 2 fully saturated rings. The molecule has 1 aromatic carbocycles. The number of piperidine rings is 1. The van der Waals surface area contributed by atoms with E-state index in [1.165, 1.54) is 12.1 Å². The maximum absolute atomic E-state index is 13.1. The summed E-state index contributed by atoms with van der Waals surface area (Å²) in [5.41, 5.74) is 0.629. The Balaban J connectivity index is 1.32. The lowest BCUT2D eigenvalue weighted by molar-refractivity contribution is -0.137. The molecule has 0 saturated carbocycles. The molecule has 1 aromatic heterocycles. The fraction of sp³-hybridized carbons (Fsp3) is 0.381. The highest BCUT2D eigenvalue weighted by Gasteiger charge is 2.38. The molecule has 0 radical (unpaired) electrons. The Morgan fingerprint density at radius 1 is 1.11 bits per heavy atom. The molecule has 1 unspecified atom stereocenters. The minimum absolute atomic E-state index is 0.00856. The third-order valence-electron chi connectivity index (χ3n) is 5.29. The van der Waals surface area contributed by atoms with Crippen molar-refractivity contribution in [1.82, 2.24) is 9.88 Å². The Bertz CT molecular complexity index is 836. The largest absolute Gasteiger partial charge is 0.474 e. The average Bonchev–Trinajstić information content (AvgIpc) is 3.11. The van der Waals surface area contributed by atoms with Crippen molar-refractivity contribution < 1.29 is 18.7 Å². The first kappa shape index (κ1) is 18.4. The van der Waals surface area contributed by atoms with Crippen LogP contribution >= 0.6 is 0 Å². The number of likely N-dealkylation sites (tertiary alicyclic amines) is 1. The minimum Gasteiger partial charge on any atom is -0.474 e. The number of pyridine rings is 1. The second kappa shape index (κ2) is 7.96. The summed E-state index contributed by atoms with van der Waals surface area (Å²) in [6.07, 6.45) is 3.41. The van der Waals surface area contributed by atoms with Crippen LogP contribution < -0.4 is 9.64 Å². The van der Waals surface area contributed by atoms with Gasteiger partial charge in [-0.2, -0.15) is 0 Å². The van der Waals surface area contributed by atoms with Crippen molar-refractivity contribution in [3.05, 3.63) is 54.5 Å². The normalized spacial score (nSPS) is 20.5. The minimum atomic E-state index is -0.356. The molecule has 7 heteroatoms. The van der Waals surface area contributed by atoms with Crippen molar-refractivity contribution in [2.45, 2.75) is 25.4 Å². The number of carbonyl (C=O) groups is 2. The van der Waals surface area contributed by atoms with Crippen LogP contribution in [0.2, 0.25) is 0 Å². The highest BCUT2D eigenvalue weighted by molar-refractivity contribution is 6.00. The highest BCUT2D eigenvalue weighted by atomic mass is 19.1. The molecule has 0 spiro atoms. The van der Waals surface area contributed by atoms with E-state index in [2.05, 4.69) is 4.98 Å². The van der Waals surface area contributed by atoms with E-state index in [1.807, 2.05) is 23.1 Å². The van der Waals surface area contributed by atoms with Gasteiger partial charge in [-0.25, -0.2) is 9.37 Å². The van der Waals surface area contributed by atoms with Crippen LogP contribution in [0.4, 0.5) is 10.1 Å². The first-order valence-electron chi connectivity index (χ1n) is 9.52. The van der Waals surface area contributed by atoms with Gasteiger partial charge in [-0.15, -0.1) is 0 Å². The standard InChI is InChI=1S/C21H22FN3O3/c22-16-4-6-17(7-5-16)25-14-15(13-20(25)26)21(27)24-11-8-18(9-12-24)28-19-3-1-2-10-23-19/h1-7,10,15,18H,8-9,11-14H2. The second-order valence-electron chi connectivity index (χ2n) is 7.19. The number of hydrogen-bond donors (Lipinski definition) is 0. The fourth-order valence-corrected chi connectivity index (χ4v) is 3.78. The highest BCUT2D eigenvalue weighted by Crippen LogP contribution is 2.27. The van der Waals surface area contributed by atoms with Crippen molar-refractivity contribution in [1.29, 1.82) is 0 Å². The van der Waals surface area contributed by atoms with Crippen molar-refractivity contribution in [3.63, 3.8) is 0 Å². The number of benzene rings is 1. The smallest absolute Gasteiger partial charge is 0.228 e. The third kappa shape index (κ3) is 3.98. The van der Waals surface area contributed by atoms with E-state index in [9.17, 15) is 14.0 Å². The first-order valence-corrected chi connectivity index (χ1v) is 9.52. The van der Waals surface area contributed by atoms with E-state index in [0.717, 1.165) is 12.8 Å². The molecule has 2 aliphatic rings. The predicted molar refractivity (Wildman–Crippen MR) is 101 cm³/mol. The van der Waals surface area contributed by atoms with Gasteiger partial charge in [0.1, 0.15) is 11.9 Å². The number of amides is 2. The lowest BCUT2D eigenvalue weighted by Gasteiger charge is -2.33. The molecule has 1 atom stereocenters. The zero-order valence-corrected chi connectivity index (χ0v) is 15.5. The number of ether oxygens (including phenoxy) is 1. The van der Waals surface area contributed by atoms with Gasteiger partial charge in [0.2, 0.25) is 17.7 Å².